The van der Waals surface area contributed by atoms with Gasteiger partial charge in [-0.2, -0.15) is 0 Å². The number of hydrogen-bond acceptors (Lipinski definition) is 5. The highest BCUT2D eigenvalue weighted by molar-refractivity contribution is 5.78. The summed E-state index contributed by atoms with van der Waals surface area (Å²) in [5.74, 6) is 1.17. The van der Waals surface area contributed by atoms with Gasteiger partial charge >= 0.3 is 6.09 Å². The molecule has 5 rings (SSSR count). The van der Waals surface area contributed by atoms with E-state index in [1.54, 1.807) is 0 Å². The number of ether oxygens (including phenoxy) is 3. The molecule has 0 aromatic heterocycles. The van der Waals surface area contributed by atoms with Crippen molar-refractivity contribution in [3.05, 3.63) is 29.3 Å². The number of alkyl carbamates (subject to hydrolysis) is 1. The lowest BCUT2D eigenvalue weighted by molar-refractivity contribution is -0.140. The molecular weight excluding hydrogens is 420 g/mol. The van der Waals surface area contributed by atoms with E-state index in [1.807, 2.05) is 37.8 Å². The molecule has 1 saturated heterocycles. The van der Waals surface area contributed by atoms with E-state index in [2.05, 4.69) is 18.3 Å². The number of hydrogen-bond donors (Lipinski definition) is 1. The van der Waals surface area contributed by atoms with E-state index in [9.17, 15) is 9.59 Å². The molecule has 1 aromatic rings. The second kappa shape index (κ2) is 9.92. The fourth-order valence-electron chi connectivity index (χ4n) is 5.32. The molecule has 1 N–H and O–H groups in total. The quantitative estimate of drug-likeness (QED) is 0.678. The van der Waals surface area contributed by atoms with Crippen LogP contribution in [0.15, 0.2) is 18.2 Å². The molecular formula is C26H38N2O5. The van der Waals surface area contributed by atoms with E-state index >= 15 is 0 Å². The molecule has 3 aliphatic heterocycles. The second-order valence-electron chi connectivity index (χ2n) is 10.7. The zero-order chi connectivity index (χ0) is 23.6. The summed E-state index contributed by atoms with van der Waals surface area (Å²) in [6.07, 6.45) is 5.39. The SMILES string of the molecule is Cc1ccc2c(c1)C1CCC(CC1)OC[C@H]1[C@@H](NC(=O)OC(C)(C)C)CCCN1C(=O)CO2. The molecule has 33 heavy (non-hydrogen) atoms. The van der Waals surface area contributed by atoms with Crippen LogP contribution in [0, 0.1) is 6.92 Å². The second-order valence-corrected chi connectivity index (χ2v) is 10.7. The first kappa shape index (κ1) is 23.9. The Labute approximate surface area is 197 Å². The van der Waals surface area contributed by atoms with Crippen molar-refractivity contribution in [3.63, 3.8) is 0 Å². The van der Waals surface area contributed by atoms with Crippen molar-refractivity contribution in [3.8, 4) is 5.75 Å². The zero-order valence-corrected chi connectivity index (χ0v) is 20.4. The van der Waals surface area contributed by atoms with Gasteiger partial charge in [0.25, 0.3) is 5.91 Å². The van der Waals surface area contributed by atoms with Gasteiger partial charge in [0.1, 0.15) is 11.4 Å². The van der Waals surface area contributed by atoms with Crippen LogP contribution < -0.4 is 10.1 Å². The molecule has 1 aliphatic carbocycles. The van der Waals surface area contributed by atoms with Crippen LogP contribution in [-0.2, 0) is 14.3 Å². The molecule has 2 fully saturated rings. The minimum Gasteiger partial charge on any atom is -0.483 e. The summed E-state index contributed by atoms with van der Waals surface area (Å²) in [4.78, 5) is 27.6. The van der Waals surface area contributed by atoms with Gasteiger partial charge in [-0.25, -0.2) is 4.79 Å². The number of piperidine rings is 1. The largest absolute Gasteiger partial charge is 0.483 e. The van der Waals surface area contributed by atoms with Crippen molar-refractivity contribution >= 4 is 12.0 Å². The lowest BCUT2D eigenvalue weighted by atomic mass is 9.82. The van der Waals surface area contributed by atoms with Crippen LogP contribution in [0.4, 0.5) is 4.79 Å². The maximum absolute atomic E-state index is 13.3. The molecule has 182 valence electrons. The van der Waals surface area contributed by atoms with Crippen LogP contribution in [0.5, 0.6) is 5.75 Å². The molecule has 4 aliphatic rings. The van der Waals surface area contributed by atoms with Crippen LogP contribution in [0.3, 0.4) is 0 Å². The van der Waals surface area contributed by atoms with E-state index < -0.39 is 11.7 Å². The Morgan fingerprint density at radius 3 is 2.64 bits per heavy atom. The minimum atomic E-state index is -0.576. The topological polar surface area (TPSA) is 77.1 Å². The van der Waals surface area contributed by atoms with Gasteiger partial charge in [-0.05, 0) is 83.8 Å². The standard InChI is InChI=1S/C26H38N2O5/c1-17-7-12-23-20(14-17)18-8-10-19(11-9-18)31-15-22-21(27-25(30)33-26(2,3)4)6-5-13-28(22)24(29)16-32-23/h7,12,14,18-19,21-22H,5-6,8-11,13,15-16H2,1-4H3,(H,27,30)/t18?,19?,21-,22-/m0/s1. The van der Waals surface area contributed by atoms with Gasteiger partial charge in [0.2, 0.25) is 0 Å². The molecule has 3 heterocycles. The molecule has 7 nitrogen and oxygen atoms in total. The average molecular weight is 459 g/mol. The fourth-order valence-corrected chi connectivity index (χ4v) is 5.32. The molecule has 0 unspecified atom stereocenters. The van der Waals surface area contributed by atoms with Crippen molar-refractivity contribution in [2.24, 2.45) is 0 Å². The Bertz CT molecular complexity index is 857. The number of fused-ring (bicyclic) bond motifs is 5. The lowest BCUT2D eigenvalue weighted by Gasteiger charge is -2.42. The van der Waals surface area contributed by atoms with Gasteiger partial charge in [-0.15, -0.1) is 0 Å². The molecule has 0 spiro atoms. The van der Waals surface area contributed by atoms with Crippen molar-refractivity contribution in [2.45, 2.75) is 95.9 Å². The van der Waals surface area contributed by atoms with Crippen LogP contribution in [0.25, 0.3) is 0 Å². The third-order valence-electron chi connectivity index (χ3n) is 6.93. The first-order valence-corrected chi connectivity index (χ1v) is 12.3. The van der Waals surface area contributed by atoms with Gasteiger partial charge < -0.3 is 24.4 Å². The Morgan fingerprint density at radius 1 is 1.15 bits per heavy atom. The zero-order valence-electron chi connectivity index (χ0n) is 20.4. The van der Waals surface area contributed by atoms with Crippen LogP contribution in [-0.4, -0.2) is 60.4 Å². The van der Waals surface area contributed by atoms with E-state index in [-0.39, 0.29) is 30.7 Å². The highest BCUT2D eigenvalue weighted by Gasteiger charge is 2.38. The van der Waals surface area contributed by atoms with Crippen LogP contribution in [0.2, 0.25) is 0 Å². The summed E-state index contributed by atoms with van der Waals surface area (Å²) < 4.78 is 17.9. The number of benzene rings is 1. The highest BCUT2D eigenvalue weighted by atomic mass is 16.6. The summed E-state index contributed by atoms with van der Waals surface area (Å²) in [5, 5.41) is 3.01. The van der Waals surface area contributed by atoms with E-state index in [4.69, 9.17) is 14.2 Å². The average Bonchev–Trinajstić information content (AvgIpc) is 2.77. The Kier molecular flexibility index (Phi) is 7.17. The molecule has 1 aromatic carbocycles. The molecule has 0 radical (unpaired) electrons. The molecule has 7 heteroatoms. The van der Waals surface area contributed by atoms with Crippen molar-refractivity contribution in [1.29, 1.82) is 0 Å². The molecule has 1 saturated carbocycles. The van der Waals surface area contributed by atoms with Crippen LogP contribution >= 0.6 is 0 Å². The summed E-state index contributed by atoms with van der Waals surface area (Å²) >= 11 is 0. The number of aryl methyl sites for hydroxylation is 1. The Morgan fingerprint density at radius 2 is 1.91 bits per heavy atom. The predicted molar refractivity (Wildman–Crippen MR) is 126 cm³/mol. The Hall–Kier alpha value is -2.28. The monoisotopic (exact) mass is 458 g/mol. The number of nitrogens with one attached hydrogen (secondary N) is 1. The normalized spacial score (nSPS) is 28.4. The number of carbonyl (C=O) groups is 2. The summed E-state index contributed by atoms with van der Waals surface area (Å²) in [6.45, 7) is 8.67. The summed E-state index contributed by atoms with van der Waals surface area (Å²) in [5.41, 5.74) is 1.84. The summed E-state index contributed by atoms with van der Waals surface area (Å²) in [6, 6.07) is 5.80. The third-order valence-corrected chi connectivity index (χ3v) is 6.93. The maximum atomic E-state index is 13.3. The predicted octanol–water partition coefficient (Wildman–Crippen LogP) is 4.31. The van der Waals surface area contributed by atoms with Crippen LogP contribution in [0.1, 0.15) is 76.3 Å². The highest BCUT2D eigenvalue weighted by Crippen LogP contribution is 2.39. The van der Waals surface area contributed by atoms with E-state index in [1.165, 1.54) is 11.1 Å². The summed E-state index contributed by atoms with van der Waals surface area (Å²) in [7, 11) is 0. The number of nitrogens with zero attached hydrogens (tertiary/aromatic N) is 1. The first-order valence-electron chi connectivity index (χ1n) is 12.3. The van der Waals surface area contributed by atoms with Crippen molar-refractivity contribution in [1.82, 2.24) is 10.2 Å². The number of amides is 2. The Balaban J connectivity index is 1.55. The smallest absolute Gasteiger partial charge is 0.407 e. The number of carbonyl (C=O) groups excluding carboxylic acids is 2. The van der Waals surface area contributed by atoms with Gasteiger partial charge in [-0.3, -0.25) is 4.79 Å². The van der Waals surface area contributed by atoms with Crippen molar-refractivity contribution in [2.75, 3.05) is 19.8 Å². The fraction of sp³-hybridized carbons (Fsp3) is 0.692. The minimum absolute atomic E-state index is 0.0120. The maximum Gasteiger partial charge on any atom is 0.407 e. The molecule has 2 atom stereocenters. The van der Waals surface area contributed by atoms with E-state index in [0.717, 1.165) is 44.3 Å². The first-order chi connectivity index (χ1) is 15.7. The van der Waals surface area contributed by atoms with Gasteiger partial charge in [0.05, 0.1) is 24.8 Å². The third kappa shape index (κ3) is 5.99. The van der Waals surface area contributed by atoms with Gasteiger partial charge in [0, 0.05) is 6.54 Å². The van der Waals surface area contributed by atoms with E-state index in [0.29, 0.717) is 19.1 Å². The van der Waals surface area contributed by atoms with Gasteiger partial charge in [-0.1, -0.05) is 17.7 Å². The lowest BCUT2D eigenvalue weighted by Crippen LogP contribution is -2.60. The van der Waals surface area contributed by atoms with Gasteiger partial charge in [0.15, 0.2) is 6.61 Å². The molecule has 2 amide bonds. The number of rotatable bonds is 1. The van der Waals surface area contributed by atoms with Crippen molar-refractivity contribution < 1.29 is 23.8 Å². The molecule has 2 bridgehead atoms.